The van der Waals surface area contributed by atoms with Gasteiger partial charge in [0.15, 0.2) is 6.29 Å². The van der Waals surface area contributed by atoms with E-state index in [0.717, 1.165) is 70.6 Å². The normalized spacial score (nSPS) is 20.8. The van der Waals surface area contributed by atoms with Gasteiger partial charge in [0.1, 0.15) is 24.4 Å². The Labute approximate surface area is 362 Å². The summed E-state index contributed by atoms with van der Waals surface area (Å²) in [5.41, 5.74) is 0. The molecule has 1 saturated heterocycles. The van der Waals surface area contributed by atoms with Crippen molar-refractivity contribution in [2.45, 2.75) is 275 Å². The van der Waals surface area contributed by atoms with E-state index in [2.05, 4.69) is 43.5 Å². The average molecular weight is 838 g/mol. The number of carbonyl (C=O) groups excluding carboxylic acids is 1. The van der Waals surface area contributed by atoms with E-state index >= 15 is 0 Å². The molecule has 7 atom stereocenters. The molecule has 9 heteroatoms. The number of carbonyl (C=O) groups is 1. The van der Waals surface area contributed by atoms with E-state index in [1.54, 1.807) is 0 Å². The summed E-state index contributed by atoms with van der Waals surface area (Å²) in [6.07, 6.45) is 42.0. The van der Waals surface area contributed by atoms with Crippen LogP contribution in [0.3, 0.4) is 0 Å². The number of hydrogen-bond donors (Lipinski definition) is 6. The molecule has 1 amide bonds. The summed E-state index contributed by atoms with van der Waals surface area (Å²) < 4.78 is 11.3. The average Bonchev–Trinajstić information content (AvgIpc) is 3.23. The summed E-state index contributed by atoms with van der Waals surface area (Å²) in [6, 6.07) is -0.724. The minimum absolute atomic E-state index is 0.142. The zero-order chi connectivity index (χ0) is 43.0. The number of aliphatic hydroxyl groups excluding tert-OH is 5. The van der Waals surface area contributed by atoms with Crippen LogP contribution in [0, 0.1) is 0 Å². The first kappa shape index (κ1) is 55.7. The monoisotopic (exact) mass is 838 g/mol. The predicted octanol–water partition coefficient (Wildman–Crippen LogP) is 11.1. The molecule has 9 nitrogen and oxygen atoms in total. The van der Waals surface area contributed by atoms with Gasteiger partial charge in [0.05, 0.1) is 25.4 Å². The number of aliphatic hydroxyl groups is 5. The van der Waals surface area contributed by atoms with Crippen LogP contribution in [-0.4, -0.2) is 87.5 Å². The first-order chi connectivity index (χ1) is 28.8. The molecule has 0 aliphatic carbocycles. The van der Waals surface area contributed by atoms with Crippen molar-refractivity contribution >= 4 is 5.91 Å². The van der Waals surface area contributed by atoms with Crippen LogP contribution < -0.4 is 5.32 Å². The maximum absolute atomic E-state index is 13.0. The number of hydrogen-bond acceptors (Lipinski definition) is 8. The Morgan fingerprint density at radius 1 is 0.576 bits per heavy atom. The Morgan fingerprint density at radius 2 is 1.03 bits per heavy atom. The lowest BCUT2D eigenvalue weighted by Crippen LogP contribution is -2.60. The van der Waals surface area contributed by atoms with Crippen molar-refractivity contribution in [3.05, 3.63) is 24.3 Å². The molecular formula is C50H95NO8. The van der Waals surface area contributed by atoms with E-state index in [1.807, 2.05) is 0 Å². The molecule has 1 rings (SSSR count). The van der Waals surface area contributed by atoms with E-state index in [4.69, 9.17) is 9.47 Å². The van der Waals surface area contributed by atoms with Gasteiger partial charge < -0.3 is 40.3 Å². The number of unbranched alkanes of at least 4 members (excludes halogenated alkanes) is 28. The predicted molar refractivity (Wildman–Crippen MR) is 244 cm³/mol. The quantitative estimate of drug-likeness (QED) is 0.0263. The summed E-state index contributed by atoms with van der Waals surface area (Å²) in [4.78, 5) is 13.0. The number of nitrogens with one attached hydrogen (secondary N) is 1. The molecule has 0 saturated carbocycles. The van der Waals surface area contributed by atoms with E-state index in [1.165, 1.54) is 135 Å². The molecule has 348 valence electrons. The molecular weight excluding hydrogens is 743 g/mol. The van der Waals surface area contributed by atoms with Crippen LogP contribution in [0.2, 0.25) is 0 Å². The lowest BCUT2D eigenvalue weighted by atomic mass is 9.99. The van der Waals surface area contributed by atoms with E-state index in [0.29, 0.717) is 12.8 Å². The van der Waals surface area contributed by atoms with Crippen LogP contribution in [0.25, 0.3) is 0 Å². The Hall–Kier alpha value is -1.33. The van der Waals surface area contributed by atoms with Gasteiger partial charge in [-0.3, -0.25) is 4.79 Å². The van der Waals surface area contributed by atoms with Crippen molar-refractivity contribution in [3.8, 4) is 0 Å². The molecule has 59 heavy (non-hydrogen) atoms. The van der Waals surface area contributed by atoms with Crippen molar-refractivity contribution in [1.29, 1.82) is 0 Å². The summed E-state index contributed by atoms with van der Waals surface area (Å²) in [5, 5.41) is 54.4. The van der Waals surface area contributed by atoms with E-state index < -0.39 is 49.5 Å². The summed E-state index contributed by atoms with van der Waals surface area (Å²) in [6.45, 7) is 3.77. The number of allylic oxidation sites excluding steroid dienone is 4. The van der Waals surface area contributed by atoms with Crippen LogP contribution in [0.5, 0.6) is 0 Å². The fourth-order valence-corrected chi connectivity index (χ4v) is 8.02. The molecule has 1 fully saturated rings. The number of rotatable bonds is 42. The first-order valence-electron chi connectivity index (χ1n) is 25.0. The van der Waals surface area contributed by atoms with Gasteiger partial charge in [-0.25, -0.2) is 0 Å². The maximum Gasteiger partial charge on any atom is 0.220 e. The van der Waals surface area contributed by atoms with Crippen molar-refractivity contribution in [2.24, 2.45) is 0 Å². The van der Waals surface area contributed by atoms with Gasteiger partial charge in [0, 0.05) is 6.42 Å². The fourth-order valence-electron chi connectivity index (χ4n) is 8.02. The van der Waals surface area contributed by atoms with Crippen LogP contribution in [0.15, 0.2) is 24.3 Å². The minimum atomic E-state index is -1.55. The Kier molecular flexibility index (Phi) is 38.4. The van der Waals surface area contributed by atoms with Gasteiger partial charge in [0.2, 0.25) is 5.91 Å². The Morgan fingerprint density at radius 3 is 1.53 bits per heavy atom. The third kappa shape index (κ3) is 31.2. The molecule has 0 aromatic carbocycles. The standard InChI is InChI=1S/C50H95NO8/c1-3-5-7-9-11-13-15-17-18-19-20-21-22-23-24-25-26-28-29-31-33-35-37-39-44(53)43(42-58-50-49(57)48(56)47(55)45(41-52)59-50)51-46(54)40-38-36-34-32-30-27-16-14-12-10-8-6-4-2/h8,10,14,16,43-45,47-50,52-53,55-57H,3-7,9,11-13,15,17-42H2,1-2H3,(H,51,54)/b10-8-,16-14-. The molecule has 0 bridgehead atoms. The maximum atomic E-state index is 13.0. The van der Waals surface area contributed by atoms with Crippen molar-refractivity contribution in [3.63, 3.8) is 0 Å². The Bertz CT molecular complexity index is 977. The highest BCUT2D eigenvalue weighted by molar-refractivity contribution is 5.76. The second kappa shape index (κ2) is 40.7. The number of ether oxygens (including phenoxy) is 2. The third-order valence-corrected chi connectivity index (χ3v) is 12.0. The first-order valence-corrected chi connectivity index (χ1v) is 25.0. The highest BCUT2D eigenvalue weighted by Gasteiger charge is 2.44. The topological polar surface area (TPSA) is 149 Å². The lowest BCUT2D eigenvalue weighted by Gasteiger charge is -2.40. The summed E-state index contributed by atoms with van der Waals surface area (Å²) >= 11 is 0. The molecule has 0 radical (unpaired) electrons. The zero-order valence-corrected chi connectivity index (χ0v) is 38.3. The van der Waals surface area contributed by atoms with Gasteiger partial charge in [0.25, 0.3) is 0 Å². The van der Waals surface area contributed by atoms with Crippen LogP contribution in [0.1, 0.15) is 232 Å². The molecule has 0 spiro atoms. The molecule has 1 heterocycles. The largest absolute Gasteiger partial charge is 0.394 e. The molecule has 1 aliphatic rings. The third-order valence-electron chi connectivity index (χ3n) is 12.0. The van der Waals surface area contributed by atoms with E-state index in [9.17, 15) is 30.3 Å². The minimum Gasteiger partial charge on any atom is -0.394 e. The van der Waals surface area contributed by atoms with Gasteiger partial charge in [-0.1, -0.05) is 212 Å². The molecule has 0 aromatic rings. The fraction of sp³-hybridized carbons (Fsp3) is 0.900. The van der Waals surface area contributed by atoms with Gasteiger partial charge in [-0.2, -0.15) is 0 Å². The second-order valence-corrected chi connectivity index (χ2v) is 17.6. The molecule has 1 aliphatic heterocycles. The van der Waals surface area contributed by atoms with Crippen LogP contribution in [0.4, 0.5) is 0 Å². The summed E-state index contributed by atoms with van der Waals surface area (Å²) in [5.74, 6) is -0.158. The van der Waals surface area contributed by atoms with Crippen molar-refractivity contribution in [2.75, 3.05) is 13.2 Å². The molecule has 0 aromatic heterocycles. The Balaban J connectivity index is 2.24. The highest BCUT2D eigenvalue weighted by atomic mass is 16.7. The number of amides is 1. The van der Waals surface area contributed by atoms with Crippen LogP contribution >= 0.6 is 0 Å². The summed E-state index contributed by atoms with van der Waals surface area (Å²) in [7, 11) is 0. The second-order valence-electron chi connectivity index (χ2n) is 17.6. The van der Waals surface area contributed by atoms with Crippen LogP contribution in [-0.2, 0) is 14.3 Å². The SMILES string of the molecule is CCC/C=C\C/C=C\CCCCCCCC(=O)NC(COC1OC(CO)C(O)C(O)C1O)C(O)CCCCCCCCCCCCCCCCCCCCCCCCC. The van der Waals surface area contributed by atoms with Gasteiger partial charge >= 0.3 is 0 Å². The molecule has 7 unspecified atom stereocenters. The van der Waals surface area contributed by atoms with Crippen molar-refractivity contribution in [1.82, 2.24) is 5.32 Å². The van der Waals surface area contributed by atoms with E-state index in [-0.39, 0.29) is 12.5 Å². The highest BCUT2D eigenvalue weighted by Crippen LogP contribution is 2.23. The zero-order valence-electron chi connectivity index (χ0n) is 38.3. The smallest absolute Gasteiger partial charge is 0.220 e. The van der Waals surface area contributed by atoms with Crippen molar-refractivity contribution < 1.29 is 39.8 Å². The van der Waals surface area contributed by atoms with Gasteiger partial charge in [-0.15, -0.1) is 0 Å². The molecule has 6 N–H and O–H groups in total. The van der Waals surface area contributed by atoms with Gasteiger partial charge in [-0.05, 0) is 38.5 Å². The lowest BCUT2D eigenvalue weighted by molar-refractivity contribution is -0.302.